The van der Waals surface area contributed by atoms with Crippen molar-refractivity contribution in [3.63, 3.8) is 0 Å². The highest BCUT2D eigenvalue weighted by atomic mass is 16.5. The lowest BCUT2D eigenvalue weighted by Gasteiger charge is -2.10. The van der Waals surface area contributed by atoms with Gasteiger partial charge >= 0.3 is 0 Å². The summed E-state index contributed by atoms with van der Waals surface area (Å²) in [4.78, 5) is 21.0. The van der Waals surface area contributed by atoms with E-state index in [2.05, 4.69) is 20.5 Å². The fourth-order valence-corrected chi connectivity index (χ4v) is 2.72. The molecule has 0 radical (unpaired) electrons. The predicted octanol–water partition coefficient (Wildman–Crippen LogP) is 3.71. The molecule has 160 valence electrons. The van der Waals surface area contributed by atoms with Crippen LogP contribution in [0.5, 0.6) is 17.2 Å². The van der Waals surface area contributed by atoms with E-state index < -0.39 is 5.91 Å². The van der Waals surface area contributed by atoms with Crippen LogP contribution in [0.1, 0.15) is 29.9 Å². The first-order valence-corrected chi connectivity index (χ1v) is 9.64. The summed E-state index contributed by atoms with van der Waals surface area (Å²) in [7, 11) is 3.13. The molecule has 3 aromatic rings. The molecule has 0 aliphatic rings. The molecule has 31 heavy (non-hydrogen) atoms. The van der Waals surface area contributed by atoms with Gasteiger partial charge in [-0.15, -0.1) is 0 Å². The van der Waals surface area contributed by atoms with E-state index in [0.29, 0.717) is 22.8 Å². The molecule has 1 aromatic heterocycles. The largest absolute Gasteiger partial charge is 0.497 e. The van der Waals surface area contributed by atoms with Gasteiger partial charge in [0.1, 0.15) is 22.9 Å². The molecule has 0 saturated carbocycles. The molecule has 1 N–H and O–H groups in total. The van der Waals surface area contributed by atoms with Crippen LogP contribution in [-0.2, 0) is 0 Å². The number of carbonyl (C=O) groups excluding carboxylic acids is 1. The Balaban J connectivity index is 1.70. The van der Waals surface area contributed by atoms with Crippen LogP contribution in [-0.4, -0.2) is 42.4 Å². The molecule has 8 heteroatoms. The Morgan fingerprint density at radius 2 is 1.68 bits per heavy atom. The zero-order valence-corrected chi connectivity index (χ0v) is 17.8. The molecule has 8 nitrogen and oxygen atoms in total. The van der Waals surface area contributed by atoms with Gasteiger partial charge in [-0.05, 0) is 50.2 Å². The minimum absolute atomic E-state index is 0.0938. The Kier molecular flexibility index (Phi) is 7.16. The minimum Gasteiger partial charge on any atom is -0.497 e. The van der Waals surface area contributed by atoms with Gasteiger partial charge in [-0.25, -0.2) is 10.4 Å². The summed E-state index contributed by atoms with van der Waals surface area (Å²) in [6.07, 6.45) is 4.57. The van der Waals surface area contributed by atoms with Crippen LogP contribution >= 0.6 is 0 Å². The molecule has 0 saturated heterocycles. The first-order chi connectivity index (χ1) is 15.0. The number of hydrogen-bond donors (Lipinski definition) is 1. The van der Waals surface area contributed by atoms with Crippen molar-refractivity contribution in [1.29, 1.82) is 0 Å². The Hall–Kier alpha value is -3.94. The Bertz CT molecular complexity index is 1040. The highest BCUT2D eigenvalue weighted by molar-refractivity contribution is 5.93. The number of carbonyl (C=O) groups is 1. The third-order valence-corrected chi connectivity index (χ3v) is 4.14. The Labute approximate surface area is 180 Å². The van der Waals surface area contributed by atoms with E-state index in [9.17, 15) is 4.79 Å². The number of benzene rings is 2. The highest BCUT2D eigenvalue weighted by Gasteiger charge is 2.10. The molecule has 0 fully saturated rings. The van der Waals surface area contributed by atoms with Gasteiger partial charge in [-0.1, -0.05) is 0 Å². The third kappa shape index (κ3) is 6.02. The van der Waals surface area contributed by atoms with Crippen LogP contribution in [0, 0.1) is 0 Å². The Morgan fingerprint density at radius 1 is 1.00 bits per heavy atom. The predicted molar refractivity (Wildman–Crippen MR) is 118 cm³/mol. The molecule has 0 bridgehead atoms. The number of methoxy groups -OCH3 is 2. The summed E-state index contributed by atoms with van der Waals surface area (Å²) in [5.41, 5.74) is 4.72. The zero-order chi connectivity index (χ0) is 22.2. The number of rotatable bonds is 8. The van der Waals surface area contributed by atoms with E-state index in [-0.39, 0.29) is 11.8 Å². The van der Waals surface area contributed by atoms with E-state index in [4.69, 9.17) is 14.2 Å². The van der Waals surface area contributed by atoms with Crippen molar-refractivity contribution in [1.82, 2.24) is 15.4 Å². The molecule has 3 rings (SSSR count). The monoisotopic (exact) mass is 420 g/mol. The van der Waals surface area contributed by atoms with E-state index in [1.54, 1.807) is 38.6 Å². The van der Waals surface area contributed by atoms with Gasteiger partial charge < -0.3 is 14.2 Å². The van der Waals surface area contributed by atoms with Gasteiger partial charge in [0.15, 0.2) is 0 Å². The van der Waals surface area contributed by atoms with Gasteiger partial charge in [-0.2, -0.15) is 5.10 Å². The van der Waals surface area contributed by atoms with Crippen LogP contribution in [0.15, 0.2) is 60.0 Å². The van der Waals surface area contributed by atoms with Gasteiger partial charge in [0, 0.05) is 17.2 Å². The second kappa shape index (κ2) is 10.2. The summed E-state index contributed by atoms with van der Waals surface area (Å²) in [6.45, 7) is 3.93. The fourth-order valence-electron chi connectivity index (χ4n) is 2.72. The van der Waals surface area contributed by atoms with E-state index in [1.165, 1.54) is 12.4 Å². The molecule has 2 aromatic carbocycles. The number of aromatic nitrogens is 2. The van der Waals surface area contributed by atoms with Crippen molar-refractivity contribution >= 4 is 12.1 Å². The normalized spacial score (nSPS) is 10.9. The third-order valence-electron chi connectivity index (χ3n) is 4.14. The summed E-state index contributed by atoms with van der Waals surface area (Å²) in [5.74, 6) is 1.54. The lowest BCUT2D eigenvalue weighted by Crippen LogP contribution is -2.19. The first kappa shape index (κ1) is 21.8. The summed E-state index contributed by atoms with van der Waals surface area (Å²) >= 11 is 0. The van der Waals surface area contributed by atoms with Crippen molar-refractivity contribution in [2.75, 3.05) is 14.2 Å². The maximum absolute atomic E-state index is 12.4. The van der Waals surface area contributed by atoms with Crippen LogP contribution in [0.25, 0.3) is 11.3 Å². The summed E-state index contributed by atoms with van der Waals surface area (Å²) < 4.78 is 16.1. The molecular formula is C23H24N4O4. The van der Waals surface area contributed by atoms with Gasteiger partial charge in [0.2, 0.25) is 0 Å². The number of ether oxygens (including phenoxy) is 3. The quantitative estimate of drug-likeness (QED) is 0.441. The average Bonchev–Trinajstić information content (AvgIpc) is 2.79. The molecule has 1 heterocycles. The van der Waals surface area contributed by atoms with E-state index in [1.807, 2.05) is 38.1 Å². The van der Waals surface area contributed by atoms with E-state index >= 15 is 0 Å². The standard InChI is InChI=1S/C23H24N4O4/c1-15(2)31-18-7-5-17(6-8-18)21-13-24-14-22(26-21)23(28)27-25-12-16-9-19(29-3)11-20(10-16)30-4/h5-15H,1-4H3,(H,27,28). The van der Waals surface area contributed by atoms with Crippen LogP contribution in [0.3, 0.4) is 0 Å². The number of nitrogens with zero attached hydrogens (tertiary/aromatic N) is 3. The molecule has 0 atom stereocenters. The van der Waals surface area contributed by atoms with Crippen molar-refractivity contribution < 1.29 is 19.0 Å². The summed E-state index contributed by atoms with van der Waals surface area (Å²) in [5, 5.41) is 3.99. The topological polar surface area (TPSA) is 94.9 Å². The fraction of sp³-hybridized carbons (Fsp3) is 0.217. The lowest BCUT2D eigenvalue weighted by atomic mass is 10.1. The van der Waals surface area contributed by atoms with Crippen LogP contribution < -0.4 is 19.6 Å². The van der Waals surface area contributed by atoms with Crippen molar-refractivity contribution in [3.05, 3.63) is 66.1 Å². The molecule has 0 spiro atoms. The van der Waals surface area contributed by atoms with Crippen molar-refractivity contribution in [2.24, 2.45) is 5.10 Å². The maximum atomic E-state index is 12.4. The van der Waals surface area contributed by atoms with Crippen molar-refractivity contribution in [2.45, 2.75) is 20.0 Å². The number of hydrazone groups is 1. The van der Waals surface area contributed by atoms with Gasteiger partial charge in [-0.3, -0.25) is 9.78 Å². The van der Waals surface area contributed by atoms with Gasteiger partial charge in [0.05, 0.1) is 44.6 Å². The second-order valence-electron chi connectivity index (χ2n) is 6.83. The minimum atomic E-state index is -0.472. The van der Waals surface area contributed by atoms with Crippen LogP contribution in [0.2, 0.25) is 0 Å². The number of amides is 1. The SMILES string of the molecule is COc1cc(C=NNC(=O)c2cncc(-c3ccc(OC(C)C)cc3)n2)cc(OC)c1. The molecular weight excluding hydrogens is 396 g/mol. The van der Waals surface area contributed by atoms with Crippen LogP contribution in [0.4, 0.5) is 0 Å². The molecule has 0 aliphatic carbocycles. The second-order valence-corrected chi connectivity index (χ2v) is 6.83. The summed E-state index contributed by atoms with van der Waals surface area (Å²) in [6, 6.07) is 12.7. The number of hydrogen-bond acceptors (Lipinski definition) is 7. The Morgan fingerprint density at radius 3 is 2.29 bits per heavy atom. The molecule has 0 unspecified atom stereocenters. The number of nitrogens with one attached hydrogen (secondary N) is 1. The molecule has 0 aliphatic heterocycles. The van der Waals surface area contributed by atoms with Crippen molar-refractivity contribution in [3.8, 4) is 28.5 Å². The average molecular weight is 420 g/mol. The van der Waals surface area contributed by atoms with Gasteiger partial charge in [0.25, 0.3) is 5.91 Å². The maximum Gasteiger partial charge on any atom is 0.291 e. The molecule has 1 amide bonds. The lowest BCUT2D eigenvalue weighted by molar-refractivity contribution is 0.0950. The smallest absolute Gasteiger partial charge is 0.291 e. The van der Waals surface area contributed by atoms with E-state index in [0.717, 1.165) is 11.3 Å². The highest BCUT2D eigenvalue weighted by Crippen LogP contribution is 2.22. The zero-order valence-electron chi connectivity index (χ0n) is 17.8. The first-order valence-electron chi connectivity index (χ1n) is 9.64.